The highest BCUT2D eigenvalue weighted by atomic mass is 16.5. The van der Waals surface area contributed by atoms with Crippen LogP contribution in [0.5, 0.6) is 0 Å². The van der Waals surface area contributed by atoms with Crippen molar-refractivity contribution in [3.8, 4) is 0 Å². The maximum Gasteiger partial charge on any atom is 0.242 e. The highest BCUT2D eigenvalue weighted by molar-refractivity contribution is 5.85. The number of carbonyl (C=O) groups is 3. The minimum atomic E-state index is -0.460. The summed E-state index contributed by atoms with van der Waals surface area (Å²) in [6, 6.07) is -0.251. The van der Waals surface area contributed by atoms with Crippen molar-refractivity contribution in [1.82, 2.24) is 15.1 Å². The first-order valence-electron chi connectivity index (χ1n) is 11.7. The summed E-state index contributed by atoms with van der Waals surface area (Å²) in [5.41, 5.74) is 5.30. The van der Waals surface area contributed by atoms with Crippen LogP contribution >= 0.6 is 0 Å². The second kappa shape index (κ2) is 13.7. The van der Waals surface area contributed by atoms with Gasteiger partial charge in [0.1, 0.15) is 0 Å². The van der Waals surface area contributed by atoms with Crippen molar-refractivity contribution in [2.24, 2.45) is 17.6 Å². The lowest BCUT2D eigenvalue weighted by Gasteiger charge is -2.39. The van der Waals surface area contributed by atoms with E-state index in [1.165, 1.54) is 0 Å². The van der Waals surface area contributed by atoms with Crippen molar-refractivity contribution >= 4 is 17.7 Å². The zero-order valence-electron chi connectivity index (χ0n) is 20.9. The van der Waals surface area contributed by atoms with Gasteiger partial charge in [0.05, 0.1) is 43.8 Å². The number of likely N-dealkylation sites (N-methyl/N-ethyl adjacent to an activating group) is 1. The molecule has 1 fully saturated rings. The summed E-state index contributed by atoms with van der Waals surface area (Å²) in [6.07, 6.45) is 2.41. The van der Waals surface area contributed by atoms with Crippen LogP contribution in [0.25, 0.3) is 0 Å². The lowest BCUT2D eigenvalue weighted by molar-refractivity contribution is -0.144. The van der Waals surface area contributed by atoms with E-state index in [0.717, 1.165) is 19.3 Å². The summed E-state index contributed by atoms with van der Waals surface area (Å²) in [4.78, 5) is 41.1. The molecule has 0 spiro atoms. The molecule has 1 aliphatic rings. The second-order valence-corrected chi connectivity index (χ2v) is 9.08. The number of likely N-dealkylation sites (tertiary alicyclic amines) is 1. The molecule has 186 valence electrons. The topological polar surface area (TPSA) is 114 Å². The molecule has 0 saturated carbocycles. The highest BCUT2D eigenvalue weighted by Crippen LogP contribution is 2.28. The van der Waals surface area contributed by atoms with E-state index in [0.29, 0.717) is 12.5 Å². The van der Waals surface area contributed by atoms with Gasteiger partial charge in [-0.1, -0.05) is 34.1 Å². The van der Waals surface area contributed by atoms with Gasteiger partial charge in [0.2, 0.25) is 17.7 Å². The molecule has 0 bridgehead atoms. The van der Waals surface area contributed by atoms with Crippen LogP contribution in [0.2, 0.25) is 0 Å². The zero-order valence-corrected chi connectivity index (χ0v) is 20.9. The summed E-state index contributed by atoms with van der Waals surface area (Å²) in [5, 5.41) is 2.52. The van der Waals surface area contributed by atoms with E-state index >= 15 is 0 Å². The minimum absolute atomic E-state index is 0.0109. The van der Waals surface area contributed by atoms with E-state index in [1.807, 2.05) is 18.7 Å². The maximum atomic E-state index is 13.3. The standard InChI is InChI=1S/C23H44N4O5/c1-8-16(4)22(26(5)21(30)14-25-19(28)13-24)18(31-6)12-20(29)27-11-9-10-17(27)23(32-7)15(2)3/h15-18,22-23H,8-14,24H2,1-7H3,(H,25,28). The Morgan fingerprint density at radius 3 is 2.34 bits per heavy atom. The third-order valence-electron chi connectivity index (χ3n) is 6.68. The van der Waals surface area contributed by atoms with Crippen LogP contribution < -0.4 is 11.1 Å². The first kappa shape index (κ1) is 28.3. The fourth-order valence-corrected chi connectivity index (χ4v) is 4.73. The third kappa shape index (κ3) is 7.42. The molecule has 3 amide bonds. The molecule has 1 rings (SSSR count). The van der Waals surface area contributed by atoms with Gasteiger partial charge in [0, 0.05) is 27.8 Å². The average molecular weight is 457 g/mol. The molecule has 0 radical (unpaired) electrons. The maximum absolute atomic E-state index is 13.3. The van der Waals surface area contributed by atoms with Gasteiger partial charge >= 0.3 is 0 Å². The number of ether oxygens (including phenoxy) is 2. The zero-order chi connectivity index (χ0) is 24.4. The second-order valence-electron chi connectivity index (χ2n) is 9.08. The normalized spacial score (nSPS) is 20.0. The van der Waals surface area contributed by atoms with Crippen molar-refractivity contribution in [3.63, 3.8) is 0 Å². The molecule has 1 aliphatic heterocycles. The Bertz CT molecular complexity index is 615. The molecule has 0 aliphatic carbocycles. The van der Waals surface area contributed by atoms with E-state index in [4.69, 9.17) is 15.2 Å². The van der Waals surface area contributed by atoms with Gasteiger partial charge in [0.15, 0.2) is 0 Å². The fourth-order valence-electron chi connectivity index (χ4n) is 4.73. The Kier molecular flexibility index (Phi) is 12.2. The van der Waals surface area contributed by atoms with Gasteiger partial charge in [-0.15, -0.1) is 0 Å². The number of rotatable bonds is 13. The first-order chi connectivity index (χ1) is 15.1. The van der Waals surface area contributed by atoms with Crippen molar-refractivity contribution in [2.45, 2.75) is 77.7 Å². The Morgan fingerprint density at radius 2 is 1.84 bits per heavy atom. The molecule has 3 N–H and O–H groups in total. The van der Waals surface area contributed by atoms with Crippen LogP contribution in [0, 0.1) is 11.8 Å². The smallest absolute Gasteiger partial charge is 0.242 e. The van der Waals surface area contributed by atoms with E-state index < -0.39 is 6.10 Å². The summed E-state index contributed by atoms with van der Waals surface area (Å²) < 4.78 is 11.5. The van der Waals surface area contributed by atoms with E-state index in [1.54, 1.807) is 26.2 Å². The van der Waals surface area contributed by atoms with Crippen molar-refractivity contribution in [2.75, 3.05) is 40.9 Å². The number of nitrogens with one attached hydrogen (secondary N) is 1. The summed E-state index contributed by atoms with van der Waals surface area (Å²) in [6.45, 7) is 8.70. The molecule has 0 aromatic rings. The highest BCUT2D eigenvalue weighted by Gasteiger charge is 2.39. The van der Waals surface area contributed by atoms with Crippen molar-refractivity contribution in [3.05, 3.63) is 0 Å². The molecule has 32 heavy (non-hydrogen) atoms. The van der Waals surface area contributed by atoms with Gasteiger partial charge < -0.3 is 30.3 Å². The van der Waals surface area contributed by atoms with Gasteiger partial charge in [-0.3, -0.25) is 14.4 Å². The summed E-state index contributed by atoms with van der Waals surface area (Å²) in [7, 11) is 4.98. The van der Waals surface area contributed by atoms with E-state index in [-0.39, 0.29) is 61.3 Å². The number of nitrogens with zero attached hydrogens (tertiary/aromatic N) is 2. The van der Waals surface area contributed by atoms with Gasteiger partial charge in [-0.2, -0.15) is 0 Å². The first-order valence-corrected chi connectivity index (χ1v) is 11.7. The van der Waals surface area contributed by atoms with Crippen LogP contribution in [0.1, 0.15) is 53.4 Å². The molecule has 5 atom stereocenters. The number of carbonyl (C=O) groups excluding carboxylic acids is 3. The Morgan fingerprint density at radius 1 is 1.19 bits per heavy atom. The third-order valence-corrected chi connectivity index (χ3v) is 6.68. The van der Waals surface area contributed by atoms with Crippen molar-refractivity contribution in [1.29, 1.82) is 0 Å². The molecule has 0 aromatic carbocycles. The molecular formula is C23H44N4O5. The fraction of sp³-hybridized carbons (Fsp3) is 0.870. The molecule has 1 saturated heterocycles. The van der Waals surface area contributed by atoms with Crippen LogP contribution in [0.15, 0.2) is 0 Å². The number of nitrogens with two attached hydrogens (primary N) is 1. The molecule has 9 heteroatoms. The molecule has 9 nitrogen and oxygen atoms in total. The van der Waals surface area contributed by atoms with Gasteiger partial charge in [-0.25, -0.2) is 0 Å². The van der Waals surface area contributed by atoms with Crippen molar-refractivity contribution < 1.29 is 23.9 Å². The number of amides is 3. The lowest BCUT2D eigenvalue weighted by atomic mass is 9.90. The number of methoxy groups -OCH3 is 2. The Labute approximate surface area is 193 Å². The van der Waals surface area contributed by atoms with E-state index in [2.05, 4.69) is 19.2 Å². The van der Waals surface area contributed by atoms with Gasteiger partial charge in [0.25, 0.3) is 0 Å². The Balaban J connectivity index is 2.98. The molecule has 1 heterocycles. The van der Waals surface area contributed by atoms with Gasteiger partial charge in [-0.05, 0) is 24.7 Å². The van der Waals surface area contributed by atoms with Crippen LogP contribution in [0.3, 0.4) is 0 Å². The quantitative estimate of drug-likeness (QED) is 0.427. The molecule has 5 unspecified atom stereocenters. The van der Waals surface area contributed by atoms with Crippen LogP contribution in [-0.4, -0.2) is 92.7 Å². The monoisotopic (exact) mass is 456 g/mol. The molecule has 0 aromatic heterocycles. The summed E-state index contributed by atoms with van der Waals surface area (Å²) >= 11 is 0. The van der Waals surface area contributed by atoms with Crippen LogP contribution in [0.4, 0.5) is 0 Å². The molecular weight excluding hydrogens is 412 g/mol. The largest absolute Gasteiger partial charge is 0.379 e. The predicted octanol–water partition coefficient (Wildman–Crippen LogP) is 1.00. The average Bonchev–Trinajstić information content (AvgIpc) is 3.25. The summed E-state index contributed by atoms with van der Waals surface area (Å²) in [5.74, 6) is -0.207. The SMILES string of the molecule is CCC(C)C(C(CC(=O)N1CCCC1C(OC)C(C)C)OC)N(C)C(=O)CNC(=O)CN. The van der Waals surface area contributed by atoms with E-state index in [9.17, 15) is 14.4 Å². The number of hydrogen-bond donors (Lipinski definition) is 2. The Hall–Kier alpha value is -1.71. The van der Waals surface area contributed by atoms with Crippen LogP contribution in [-0.2, 0) is 23.9 Å². The predicted molar refractivity (Wildman–Crippen MR) is 124 cm³/mol. The minimum Gasteiger partial charge on any atom is -0.379 e. The lowest BCUT2D eigenvalue weighted by Crippen LogP contribution is -2.54. The number of hydrogen-bond acceptors (Lipinski definition) is 6.